The van der Waals surface area contributed by atoms with E-state index in [1.165, 1.54) is 12.8 Å². The molecule has 1 saturated heterocycles. The quantitative estimate of drug-likeness (QED) is 0.858. The van der Waals surface area contributed by atoms with E-state index in [0.717, 1.165) is 19.4 Å². The monoisotopic (exact) mass is 297 g/mol. The number of hydrogen-bond donors (Lipinski definition) is 1. The maximum atomic E-state index is 12.8. The molecule has 5 nitrogen and oxygen atoms in total. The Labute approximate surface area is 121 Å². The van der Waals surface area contributed by atoms with Crippen LogP contribution in [-0.2, 0) is 17.1 Å². The molecular formula is C14H23N3O2S. The van der Waals surface area contributed by atoms with Crippen LogP contribution in [0.25, 0.3) is 0 Å². The summed E-state index contributed by atoms with van der Waals surface area (Å²) >= 11 is 0. The number of sulfonamides is 1. The number of nitrogens with one attached hydrogen (secondary N) is 1. The predicted molar refractivity (Wildman–Crippen MR) is 77.9 cm³/mol. The molecule has 3 rings (SSSR count). The van der Waals surface area contributed by atoms with E-state index < -0.39 is 10.0 Å². The molecule has 0 amide bonds. The fourth-order valence-corrected chi connectivity index (χ4v) is 4.41. The van der Waals surface area contributed by atoms with E-state index in [2.05, 4.69) is 5.32 Å². The molecule has 1 N–H and O–H groups in total. The van der Waals surface area contributed by atoms with Crippen LogP contribution in [0.4, 0.5) is 0 Å². The first-order valence-corrected chi connectivity index (χ1v) is 8.85. The Morgan fingerprint density at radius 2 is 2.15 bits per heavy atom. The summed E-state index contributed by atoms with van der Waals surface area (Å²) in [7, 11) is -1.50. The van der Waals surface area contributed by atoms with E-state index in [1.807, 2.05) is 7.05 Å². The zero-order valence-electron chi connectivity index (χ0n) is 12.0. The Kier molecular flexibility index (Phi) is 3.88. The molecule has 1 saturated carbocycles. The molecule has 1 aromatic heterocycles. The third-order valence-electron chi connectivity index (χ3n) is 4.19. The largest absolute Gasteiger partial charge is 0.356 e. The van der Waals surface area contributed by atoms with Gasteiger partial charge in [-0.2, -0.15) is 4.31 Å². The lowest BCUT2D eigenvalue weighted by Gasteiger charge is -2.24. The molecule has 2 fully saturated rings. The zero-order chi connectivity index (χ0) is 14.2. The molecule has 2 aliphatic rings. The van der Waals surface area contributed by atoms with Crippen molar-refractivity contribution in [2.24, 2.45) is 13.0 Å². The first-order valence-electron chi connectivity index (χ1n) is 7.41. The van der Waals surface area contributed by atoms with Crippen LogP contribution in [0.1, 0.15) is 25.7 Å². The van der Waals surface area contributed by atoms with Crippen molar-refractivity contribution in [3.05, 3.63) is 18.5 Å². The molecule has 1 aliphatic heterocycles. The number of rotatable bonds is 6. The van der Waals surface area contributed by atoms with Crippen LogP contribution in [0.15, 0.2) is 23.4 Å². The fraction of sp³-hybridized carbons (Fsp3) is 0.714. The van der Waals surface area contributed by atoms with Gasteiger partial charge < -0.3 is 9.88 Å². The molecular weight excluding hydrogens is 274 g/mol. The van der Waals surface area contributed by atoms with Crippen molar-refractivity contribution in [1.82, 2.24) is 14.2 Å². The molecule has 20 heavy (non-hydrogen) atoms. The predicted octanol–water partition coefficient (Wildman–Crippen LogP) is 1.18. The van der Waals surface area contributed by atoms with Crippen molar-refractivity contribution >= 4 is 10.0 Å². The lowest BCUT2D eigenvalue weighted by molar-refractivity contribution is 0.358. The van der Waals surface area contributed by atoms with Crippen molar-refractivity contribution in [2.75, 3.05) is 19.6 Å². The molecule has 0 radical (unpaired) electrons. The SMILES string of the molecule is Cn1ccc(S(=O)(=O)N(CC2CC2)CC2CCCN2)c1. The van der Waals surface area contributed by atoms with Gasteiger partial charge in [-0.15, -0.1) is 0 Å². The first kappa shape index (κ1) is 14.1. The molecule has 1 aromatic rings. The van der Waals surface area contributed by atoms with E-state index in [0.29, 0.717) is 29.9 Å². The van der Waals surface area contributed by atoms with Crippen molar-refractivity contribution in [2.45, 2.75) is 36.6 Å². The van der Waals surface area contributed by atoms with E-state index in [1.54, 1.807) is 27.3 Å². The Balaban J connectivity index is 1.79. The molecule has 0 spiro atoms. The van der Waals surface area contributed by atoms with Crippen molar-refractivity contribution < 1.29 is 8.42 Å². The molecule has 1 atom stereocenters. The van der Waals surface area contributed by atoms with E-state index in [4.69, 9.17) is 0 Å². The summed E-state index contributed by atoms with van der Waals surface area (Å²) in [6.07, 6.45) is 8.03. The summed E-state index contributed by atoms with van der Waals surface area (Å²) in [6.45, 7) is 2.29. The second-order valence-electron chi connectivity index (χ2n) is 6.07. The summed E-state index contributed by atoms with van der Waals surface area (Å²) in [5, 5.41) is 3.40. The van der Waals surface area contributed by atoms with E-state index >= 15 is 0 Å². The van der Waals surface area contributed by atoms with Gasteiger partial charge in [-0.05, 0) is 44.2 Å². The number of hydrogen-bond acceptors (Lipinski definition) is 3. The third-order valence-corrected chi connectivity index (χ3v) is 6.00. The lowest BCUT2D eigenvalue weighted by atomic mass is 10.2. The highest BCUT2D eigenvalue weighted by atomic mass is 32.2. The topological polar surface area (TPSA) is 54.3 Å². The van der Waals surface area contributed by atoms with Gasteiger partial charge in [0.05, 0.1) is 4.90 Å². The molecule has 112 valence electrons. The molecule has 2 heterocycles. The molecule has 1 aliphatic carbocycles. The van der Waals surface area contributed by atoms with Gasteiger partial charge in [0, 0.05) is 38.6 Å². The van der Waals surface area contributed by atoms with Gasteiger partial charge in [-0.3, -0.25) is 0 Å². The van der Waals surface area contributed by atoms with Gasteiger partial charge in [0.25, 0.3) is 0 Å². The highest BCUT2D eigenvalue weighted by Gasteiger charge is 2.33. The maximum Gasteiger partial charge on any atom is 0.244 e. The van der Waals surface area contributed by atoms with E-state index in [9.17, 15) is 8.42 Å². The minimum absolute atomic E-state index is 0.312. The zero-order valence-corrected chi connectivity index (χ0v) is 12.8. The normalized spacial score (nSPS) is 23.6. The van der Waals surface area contributed by atoms with Gasteiger partial charge in [-0.25, -0.2) is 8.42 Å². The van der Waals surface area contributed by atoms with Crippen molar-refractivity contribution in [3.63, 3.8) is 0 Å². The lowest BCUT2D eigenvalue weighted by Crippen LogP contribution is -2.42. The van der Waals surface area contributed by atoms with Gasteiger partial charge in [-0.1, -0.05) is 0 Å². The Morgan fingerprint density at radius 1 is 1.35 bits per heavy atom. The summed E-state index contributed by atoms with van der Waals surface area (Å²) in [4.78, 5) is 0.415. The van der Waals surface area contributed by atoms with Gasteiger partial charge in [0.1, 0.15) is 0 Å². The Morgan fingerprint density at radius 3 is 2.70 bits per heavy atom. The highest BCUT2D eigenvalue weighted by molar-refractivity contribution is 7.89. The summed E-state index contributed by atoms with van der Waals surface area (Å²) in [6, 6.07) is 2.00. The smallest absolute Gasteiger partial charge is 0.244 e. The molecule has 0 bridgehead atoms. The standard InChI is InChI=1S/C14H23N3O2S/c1-16-8-6-14(11-16)20(18,19)17(9-12-4-5-12)10-13-3-2-7-15-13/h6,8,11-13,15H,2-5,7,9-10H2,1H3. The summed E-state index contributed by atoms with van der Waals surface area (Å²) in [5.41, 5.74) is 0. The van der Waals surface area contributed by atoms with Gasteiger partial charge in [0.15, 0.2) is 0 Å². The number of aromatic nitrogens is 1. The van der Waals surface area contributed by atoms with Crippen LogP contribution in [0.3, 0.4) is 0 Å². The van der Waals surface area contributed by atoms with Gasteiger partial charge in [0.2, 0.25) is 10.0 Å². The first-order chi connectivity index (χ1) is 9.55. The van der Waals surface area contributed by atoms with Crippen LogP contribution < -0.4 is 5.32 Å². The summed E-state index contributed by atoms with van der Waals surface area (Å²) in [5.74, 6) is 0.565. The average molecular weight is 297 g/mol. The second kappa shape index (κ2) is 5.50. The van der Waals surface area contributed by atoms with Crippen LogP contribution in [0, 0.1) is 5.92 Å². The van der Waals surface area contributed by atoms with Gasteiger partial charge >= 0.3 is 0 Å². The molecule has 1 unspecified atom stereocenters. The number of nitrogens with zero attached hydrogens (tertiary/aromatic N) is 2. The average Bonchev–Trinajstić information content (AvgIpc) is 2.89. The van der Waals surface area contributed by atoms with Crippen LogP contribution in [-0.4, -0.2) is 43.0 Å². The highest BCUT2D eigenvalue weighted by Crippen LogP contribution is 2.32. The fourth-order valence-electron chi connectivity index (χ4n) is 2.80. The minimum Gasteiger partial charge on any atom is -0.356 e. The van der Waals surface area contributed by atoms with Crippen molar-refractivity contribution in [1.29, 1.82) is 0 Å². The minimum atomic E-state index is -3.35. The van der Waals surface area contributed by atoms with Crippen molar-refractivity contribution in [3.8, 4) is 0 Å². The third kappa shape index (κ3) is 3.07. The number of aryl methyl sites for hydroxylation is 1. The summed E-state index contributed by atoms with van der Waals surface area (Å²) < 4.78 is 29.0. The Hall–Kier alpha value is -0.850. The van der Waals surface area contributed by atoms with Crippen LogP contribution >= 0.6 is 0 Å². The molecule has 0 aromatic carbocycles. The second-order valence-corrected chi connectivity index (χ2v) is 8.01. The Bertz CT molecular complexity index is 557. The van der Waals surface area contributed by atoms with Crippen LogP contribution in [0.5, 0.6) is 0 Å². The van der Waals surface area contributed by atoms with E-state index in [-0.39, 0.29) is 0 Å². The van der Waals surface area contributed by atoms with Crippen LogP contribution in [0.2, 0.25) is 0 Å². The molecule has 6 heteroatoms. The maximum absolute atomic E-state index is 12.8.